The van der Waals surface area contributed by atoms with Gasteiger partial charge in [-0.15, -0.1) is 0 Å². The van der Waals surface area contributed by atoms with E-state index in [0.717, 1.165) is 0 Å². The second-order valence-corrected chi connectivity index (χ2v) is 8.38. The number of aryl methyl sites for hydroxylation is 3. The van der Waals surface area contributed by atoms with Crippen LogP contribution in [0, 0.1) is 47.6 Å². The average molecular weight is 390 g/mol. The molecule has 0 heteroatoms. The van der Waals surface area contributed by atoms with Crippen LogP contribution in [0.25, 0.3) is 33.4 Å². The highest BCUT2D eigenvalue weighted by Gasteiger charge is 2.19. The number of hydrogen-bond donors (Lipinski definition) is 0. The summed E-state index contributed by atoms with van der Waals surface area (Å²) < 4.78 is 0. The second kappa shape index (κ2) is 7.95. The van der Waals surface area contributed by atoms with Gasteiger partial charge in [0.15, 0.2) is 0 Å². The standard InChI is InChI=1S/C30H29/c1-19-11-7-14-25(22(19)4)28-17-10-18-29(26-15-8-12-20(2)23(26)5)30(28)27-16-9-13-21(3)24(27)6/h7-17H,1-6H3. The van der Waals surface area contributed by atoms with Gasteiger partial charge < -0.3 is 0 Å². The first-order valence-electron chi connectivity index (χ1n) is 10.6. The van der Waals surface area contributed by atoms with Gasteiger partial charge in [-0.3, -0.25) is 0 Å². The third kappa shape index (κ3) is 3.37. The quantitative estimate of drug-likeness (QED) is 0.330. The molecule has 149 valence electrons. The van der Waals surface area contributed by atoms with Crippen LogP contribution in [0.2, 0.25) is 0 Å². The SMILES string of the molecule is Cc1cccc(-c2[c]ccc(-c3cccc(C)c3C)c2-c2cccc(C)c2C)c1C. The number of hydrogen-bond acceptors (Lipinski definition) is 0. The van der Waals surface area contributed by atoms with E-state index in [2.05, 4.69) is 114 Å². The van der Waals surface area contributed by atoms with Crippen LogP contribution in [0.5, 0.6) is 0 Å². The van der Waals surface area contributed by atoms with E-state index in [0.29, 0.717) is 0 Å². The molecule has 4 rings (SSSR count). The molecule has 0 bridgehead atoms. The van der Waals surface area contributed by atoms with Crippen molar-refractivity contribution in [1.29, 1.82) is 0 Å². The number of rotatable bonds is 3. The molecule has 0 aromatic heterocycles. The molecule has 0 atom stereocenters. The maximum absolute atomic E-state index is 3.61. The average Bonchev–Trinajstić information content (AvgIpc) is 2.74. The predicted octanol–water partition coefficient (Wildman–Crippen LogP) is 8.34. The molecule has 4 aromatic rings. The van der Waals surface area contributed by atoms with Gasteiger partial charge in [-0.25, -0.2) is 0 Å². The first-order valence-corrected chi connectivity index (χ1v) is 10.6. The van der Waals surface area contributed by atoms with Gasteiger partial charge in [0, 0.05) is 0 Å². The Morgan fingerprint density at radius 1 is 0.467 bits per heavy atom. The van der Waals surface area contributed by atoms with Crippen LogP contribution in [0.1, 0.15) is 33.4 Å². The van der Waals surface area contributed by atoms with E-state index in [-0.39, 0.29) is 0 Å². The van der Waals surface area contributed by atoms with Crippen molar-refractivity contribution in [1.82, 2.24) is 0 Å². The molecule has 30 heavy (non-hydrogen) atoms. The van der Waals surface area contributed by atoms with Crippen LogP contribution < -0.4 is 0 Å². The minimum absolute atomic E-state index is 1.18. The summed E-state index contributed by atoms with van der Waals surface area (Å²) in [6.07, 6.45) is 0. The van der Waals surface area contributed by atoms with E-state index < -0.39 is 0 Å². The molecule has 0 aliphatic heterocycles. The molecule has 1 radical (unpaired) electrons. The zero-order chi connectivity index (χ0) is 21.4. The van der Waals surface area contributed by atoms with Gasteiger partial charge in [-0.05, 0) is 114 Å². The molecule has 0 spiro atoms. The lowest BCUT2D eigenvalue weighted by molar-refractivity contribution is 1.32. The molecular weight excluding hydrogens is 360 g/mol. The zero-order valence-electron chi connectivity index (χ0n) is 18.9. The lowest BCUT2D eigenvalue weighted by Gasteiger charge is -2.21. The molecular formula is C30H29. The predicted molar refractivity (Wildman–Crippen MR) is 130 cm³/mol. The van der Waals surface area contributed by atoms with Crippen LogP contribution in [0.4, 0.5) is 0 Å². The summed E-state index contributed by atoms with van der Waals surface area (Å²) in [6.45, 7) is 13.3. The summed E-state index contributed by atoms with van der Waals surface area (Å²) in [5.74, 6) is 0. The summed E-state index contributed by atoms with van der Waals surface area (Å²) in [6, 6.07) is 27.7. The van der Waals surface area contributed by atoms with Gasteiger partial charge >= 0.3 is 0 Å². The minimum Gasteiger partial charge on any atom is -0.0614 e. The summed E-state index contributed by atoms with van der Waals surface area (Å²) in [7, 11) is 0. The Morgan fingerprint density at radius 2 is 0.933 bits per heavy atom. The van der Waals surface area contributed by atoms with Crippen LogP contribution in [0.3, 0.4) is 0 Å². The van der Waals surface area contributed by atoms with E-state index in [1.165, 1.54) is 66.8 Å². The fourth-order valence-electron chi connectivity index (χ4n) is 4.30. The maximum atomic E-state index is 3.61. The van der Waals surface area contributed by atoms with E-state index in [1.54, 1.807) is 0 Å². The molecule has 0 nitrogen and oxygen atoms in total. The topological polar surface area (TPSA) is 0 Å². The molecule has 0 saturated carbocycles. The van der Waals surface area contributed by atoms with E-state index in [9.17, 15) is 0 Å². The van der Waals surface area contributed by atoms with Gasteiger partial charge in [0.1, 0.15) is 0 Å². The lowest BCUT2D eigenvalue weighted by atomic mass is 9.82. The van der Waals surface area contributed by atoms with E-state index in [4.69, 9.17) is 0 Å². The van der Waals surface area contributed by atoms with Crippen molar-refractivity contribution in [3.05, 3.63) is 106 Å². The highest BCUT2D eigenvalue weighted by Crippen LogP contribution is 2.43. The zero-order valence-corrected chi connectivity index (χ0v) is 18.9. The van der Waals surface area contributed by atoms with Crippen molar-refractivity contribution in [3.63, 3.8) is 0 Å². The van der Waals surface area contributed by atoms with Crippen LogP contribution in [-0.4, -0.2) is 0 Å². The highest BCUT2D eigenvalue weighted by atomic mass is 14.2. The Hall–Kier alpha value is -3.12. The van der Waals surface area contributed by atoms with Crippen molar-refractivity contribution < 1.29 is 0 Å². The molecule has 0 amide bonds. The first kappa shape index (κ1) is 20.2. The molecule has 0 fully saturated rings. The normalized spacial score (nSPS) is 11.0. The summed E-state index contributed by atoms with van der Waals surface area (Å²) in [4.78, 5) is 0. The summed E-state index contributed by atoms with van der Waals surface area (Å²) >= 11 is 0. The van der Waals surface area contributed by atoms with Gasteiger partial charge in [-0.1, -0.05) is 66.7 Å². The highest BCUT2D eigenvalue weighted by molar-refractivity contribution is 5.96. The Labute approximate surface area is 181 Å². The third-order valence-electron chi connectivity index (χ3n) is 6.64. The first-order chi connectivity index (χ1) is 14.4. The lowest BCUT2D eigenvalue weighted by Crippen LogP contribution is -1.97. The Kier molecular flexibility index (Phi) is 5.35. The maximum Gasteiger partial charge on any atom is -0.00175 e. The van der Waals surface area contributed by atoms with Gasteiger partial charge in [0.2, 0.25) is 0 Å². The van der Waals surface area contributed by atoms with E-state index >= 15 is 0 Å². The number of benzene rings is 4. The van der Waals surface area contributed by atoms with Crippen molar-refractivity contribution in [3.8, 4) is 33.4 Å². The Balaban J connectivity index is 2.14. The van der Waals surface area contributed by atoms with E-state index in [1.807, 2.05) is 0 Å². The molecule has 0 N–H and O–H groups in total. The fourth-order valence-corrected chi connectivity index (χ4v) is 4.30. The monoisotopic (exact) mass is 389 g/mol. The fraction of sp³-hybridized carbons (Fsp3) is 0.200. The molecule has 0 heterocycles. The molecule has 0 aliphatic rings. The van der Waals surface area contributed by atoms with Crippen molar-refractivity contribution in [2.24, 2.45) is 0 Å². The van der Waals surface area contributed by atoms with Gasteiger partial charge in [0.05, 0.1) is 0 Å². The van der Waals surface area contributed by atoms with Crippen LogP contribution in [0.15, 0.2) is 66.7 Å². The third-order valence-corrected chi connectivity index (χ3v) is 6.64. The van der Waals surface area contributed by atoms with Crippen molar-refractivity contribution in [2.45, 2.75) is 41.5 Å². The second-order valence-electron chi connectivity index (χ2n) is 8.38. The van der Waals surface area contributed by atoms with Crippen molar-refractivity contribution >= 4 is 0 Å². The van der Waals surface area contributed by atoms with Gasteiger partial charge in [0.25, 0.3) is 0 Å². The Bertz CT molecular complexity index is 1170. The molecule has 4 aromatic carbocycles. The van der Waals surface area contributed by atoms with Crippen molar-refractivity contribution in [2.75, 3.05) is 0 Å². The van der Waals surface area contributed by atoms with Crippen LogP contribution >= 0.6 is 0 Å². The molecule has 0 unspecified atom stereocenters. The molecule has 0 saturated heterocycles. The summed E-state index contributed by atoms with van der Waals surface area (Å²) in [5, 5.41) is 0. The molecule has 0 aliphatic carbocycles. The summed E-state index contributed by atoms with van der Waals surface area (Å²) in [5.41, 5.74) is 15.5. The van der Waals surface area contributed by atoms with Gasteiger partial charge in [-0.2, -0.15) is 0 Å². The Morgan fingerprint density at radius 3 is 1.53 bits per heavy atom. The van der Waals surface area contributed by atoms with Crippen LogP contribution in [-0.2, 0) is 0 Å². The largest absolute Gasteiger partial charge is 0.0614 e. The smallest absolute Gasteiger partial charge is 0.00175 e. The minimum atomic E-state index is 1.18.